The molecule has 0 amide bonds. The van der Waals surface area contributed by atoms with Gasteiger partial charge in [-0.3, -0.25) is 4.79 Å². The largest absolute Gasteiger partial charge is 0.508 e. The fraction of sp³-hybridized carbons (Fsp3) is 0.188. The number of aryl methyl sites for hydroxylation is 2. The van der Waals surface area contributed by atoms with Gasteiger partial charge in [-0.1, -0.05) is 36.4 Å². The molecule has 0 aliphatic rings. The number of carbonyl (C=O) groups excluding carboxylic acids is 1. The predicted molar refractivity (Wildman–Crippen MR) is 72.0 cm³/mol. The maximum Gasteiger partial charge on any atom is 0.150 e. The third kappa shape index (κ3) is 3.45. The lowest BCUT2D eigenvalue weighted by Crippen LogP contribution is -1.90. The zero-order valence-corrected chi connectivity index (χ0v) is 10.2. The highest BCUT2D eigenvalue weighted by Gasteiger charge is 1.97. The number of aromatic hydroxyl groups is 1. The lowest BCUT2D eigenvalue weighted by atomic mass is 10.0. The molecule has 0 radical (unpaired) electrons. The van der Waals surface area contributed by atoms with Gasteiger partial charge in [0.25, 0.3) is 0 Å². The fourth-order valence-electron chi connectivity index (χ4n) is 1.92. The van der Waals surface area contributed by atoms with Crippen molar-refractivity contribution in [3.63, 3.8) is 0 Å². The van der Waals surface area contributed by atoms with Gasteiger partial charge < -0.3 is 5.11 Å². The molecule has 2 heteroatoms. The number of hydrogen-bond acceptors (Lipinski definition) is 2. The molecule has 0 aromatic heterocycles. The summed E-state index contributed by atoms with van der Waals surface area (Å²) in [4.78, 5) is 10.5. The van der Waals surface area contributed by atoms with Gasteiger partial charge in [0, 0.05) is 5.56 Å². The third-order valence-electron chi connectivity index (χ3n) is 2.98. The molecule has 0 aliphatic heterocycles. The highest BCUT2D eigenvalue weighted by atomic mass is 16.3. The number of phenols is 1. The summed E-state index contributed by atoms with van der Waals surface area (Å²) < 4.78 is 0. The first kappa shape index (κ1) is 12.4. The van der Waals surface area contributed by atoms with Crippen molar-refractivity contribution in [1.82, 2.24) is 0 Å². The molecular weight excluding hydrogens is 224 g/mol. The number of carbonyl (C=O) groups is 1. The van der Waals surface area contributed by atoms with Gasteiger partial charge in [-0.25, -0.2) is 0 Å². The molecule has 0 spiro atoms. The van der Waals surface area contributed by atoms with Crippen molar-refractivity contribution in [2.45, 2.75) is 19.3 Å². The molecule has 2 nitrogen and oxygen atoms in total. The van der Waals surface area contributed by atoms with E-state index in [4.69, 9.17) is 0 Å². The second-order valence-electron chi connectivity index (χ2n) is 4.38. The van der Waals surface area contributed by atoms with Gasteiger partial charge in [-0.2, -0.15) is 0 Å². The lowest BCUT2D eigenvalue weighted by Gasteiger charge is -2.03. The molecular formula is C16H16O2. The molecule has 0 unspecified atom stereocenters. The van der Waals surface area contributed by atoms with Crippen LogP contribution in [0.1, 0.15) is 27.9 Å². The summed E-state index contributed by atoms with van der Waals surface area (Å²) in [6.45, 7) is 0. The van der Waals surface area contributed by atoms with E-state index < -0.39 is 0 Å². The van der Waals surface area contributed by atoms with Crippen LogP contribution in [-0.2, 0) is 12.8 Å². The Morgan fingerprint density at radius 2 is 1.33 bits per heavy atom. The summed E-state index contributed by atoms with van der Waals surface area (Å²) in [5.74, 6) is 0.309. The van der Waals surface area contributed by atoms with E-state index in [0.29, 0.717) is 5.75 Å². The maximum absolute atomic E-state index is 10.5. The minimum Gasteiger partial charge on any atom is -0.508 e. The molecule has 0 atom stereocenters. The van der Waals surface area contributed by atoms with Crippen LogP contribution in [0, 0.1) is 0 Å². The van der Waals surface area contributed by atoms with Crippen LogP contribution in [0.3, 0.4) is 0 Å². The summed E-state index contributed by atoms with van der Waals surface area (Å²) in [6.07, 6.45) is 3.92. The Bertz CT molecular complexity index is 498. The Hall–Kier alpha value is -2.09. The minimum atomic E-state index is 0.309. The summed E-state index contributed by atoms with van der Waals surface area (Å²) >= 11 is 0. The van der Waals surface area contributed by atoms with Crippen LogP contribution >= 0.6 is 0 Å². The maximum atomic E-state index is 10.5. The van der Waals surface area contributed by atoms with Crippen LogP contribution in [0.5, 0.6) is 5.75 Å². The van der Waals surface area contributed by atoms with Crippen LogP contribution in [-0.4, -0.2) is 11.4 Å². The molecule has 2 aromatic rings. The van der Waals surface area contributed by atoms with Gasteiger partial charge in [-0.15, -0.1) is 0 Å². The van der Waals surface area contributed by atoms with E-state index in [2.05, 4.69) is 0 Å². The van der Waals surface area contributed by atoms with Gasteiger partial charge in [0.2, 0.25) is 0 Å². The monoisotopic (exact) mass is 240 g/mol. The third-order valence-corrected chi connectivity index (χ3v) is 2.98. The average Bonchev–Trinajstić information content (AvgIpc) is 2.42. The molecule has 0 fully saturated rings. The SMILES string of the molecule is O=Cc1ccc(CCCc2ccc(O)cc2)cc1. The Balaban J connectivity index is 1.84. The molecule has 0 aliphatic carbocycles. The Morgan fingerprint density at radius 3 is 1.83 bits per heavy atom. The van der Waals surface area contributed by atoms with Crippen LogP contribution in [0.2, 0.25) is 0 Å². The molecule has 2 aromatic carbocycles. The number of benzene rings is 2. The fourth-order valence-corrected chi connectivity index (χ4v) is 1.92. The Morgan fingerprint density at radius 1 is 0.833 bits per heavy atom. The van der Waals surface area contributed by atoms with Gasteiger partial charge in [0.15, 0.2) is 0 Å². The normalized spacial score (nSPS) is 10.2. The number of rotatable bonds is 5. The van der Waals surface area contributed by atoms with Gasteiger partial charge >= 0.3 is 0 Å². The van der Waals surface area contributed by atoms with Crippen molar-refractivity contribution < 1.29 is 9.90 Å². The smallest absolute Gasteiger partial charge is 0.150 e. The first-order valence-electron chi connectivity index (χ1n) is 6.10. The topological polar surface area (TPSA) is 37.3 Å². The van der Waals surface area contributed by atoms with Crippen molar-refractivity contribution in [1.29, 1.82) is 0 Å². The van der Waals surface area contributed by atoms with Crippen LogP contribution < -0.4 is 0 Å². The van der Waals surface area contributed by atoms with Crippen LogP contribution in [0.15, 0.2) is 48.5 Å². The predicted octanol–water partition coefficient (Wildman–Crippen LogP) is 3.38. The van der Waals surface area contributed by atoms with E-state index in [1.54, 1.807) is 12.1 Å². The first-order valence-corrected chi connectivity index (χ1v) is 6.10. The van der Waals surface area contributed by atoms with Crippen molar-refractivity contribution in [2.75, 3.05) is 0 Å². The molecule has 1 N–H and O–H groups in total. The molecule has 0 heterocycles. The lowest BCUT2D eigenvalue weighted by molar-refractivity contribution is 0.112. The summed E-state index contributed by atoms with van der Waals surface area (Å²) in [5.41, 5.74) is 3.20. The molecule has 92 valence electrons. The van der Waals surface area contributed by atoms with E-state index in [0.717, 1.165) is 31.1 Å². The number of hydrogen-bond donors (Lipinski definition) is 1. The van der Waals surface area contributed by atoms with Crippen LogP contribution in [0.4, 0.5) is 0 Å². The summed E-state index contributed by atoms with van der Waals surface area (Å²) in [7, 11) is 0. The molecule has 0 saturated carbocycles. The van der Waals surface area contributed by atoms with Gasteiger partial charge in [0.1, 0.15) is 12.0 Å². The second-order valence-corrected chi connectivity index (χ2v) is 4.38. The Kier molecular flexibility index (Phi) is 4.13. The van der Waals surface area contributed by atoms with E-state index >= 15 is 0 Å². The summed E-state index contributed by atoms with van der Waals surface area (Å²) in [5, 5.41) is 9.18. The van der Waals surface area contributed by atoms with E-state index in [1.165, 1.54) is 11.1 Å². The van der Waals surface area contributed by atoms with Gasteiger partial charge in [-0.05, 0) is 42.5 Å². The van der Waals surface area contributed by atoms with Gasteiger partial charge in [0.05, 0.1) is 0 Å². The van der Waals surface area contributed by atoms with E-state index in [1.807, 2.05) is 36.4 Å². The average molecular weight is 240 g/mol. The van der Waals surface area contributed by atoms with E-state index in [9.17, 15) is 9.90 Å². The zero-order valence-electron chi connectivity index (χ0n) is 10.2. The quantitative estimate of drug-likeness (QED) is 0.813. The number of phenolic OH excluding ortho intramolecular Hbond substituents is 1. The zero-order chi connectivity index (χ0) is 12.8. The van der Waals surface area contributed by atoms with Crippen molar-refractivity contribution in [3.8, 4) is 5.75 Å². The standard InChI is InChI=1S/C16H16O2/c17-12-15-6-4-13(5-7-15)2-1-3-14-8-10-16(18)11-9-14/h4-12,18H,1-3H2. The van der Waals surface area contributed by atoms with Crippen molar-refractivity contribution >= 4 is 6.29 Å². The highest BCUT2D eigenvalue weighted by Crippen LogP contribution is 2.13. The van der Waals surface area contributed by atoms with Crippen LogP contribution in [0.25, 0.3) is 0 Å². The first-order chi connectivity index (χ1) is 8.78. The minimum absolute atomic E-state index is 0.309. The molecule has 0 saturated heterocycles. The summed E-state index contributed by atoms with van der Waals surface area (Å²) in [6, 6.07) is 15.0. The van der Waals surface area contributed by atoms with Crippen molar-refractivity contribution in [3.05, 3.63) is 65.2 Å². The molecule has 2 rings (SSSR count). The van der Waals surface area contributed by atoms with E-state index in [-0.39, 0.29) is 0 Å². The number of aldehydes is 1. The Labute approximate surface area is 107 Å². The second kappa shape index (κ2) is 6.01. The molecule has 0 bridgehead atoms. The van der Waals surface area contributed by atoms with Crippen molar-refractivity contribution in [2.24, 2.45) is 0 Å². The molecule has 18 heavy (non-hydrogen) atoms. The highest BCUT2D eigenvalue weighted by molar-refractivity contribution is 5.74.